The highest BCUT2D eigenvalue weighted by Gasteiger charge is 1.98. The summed E-state index contributed by atoms with van der Waals surface area (Å²) >= 11 is 4.20. The molecule has 0 saturated carbocycles. The van der Waals surface area contributed by atoms with Crippen LogP contribution in [0, 0.1) is 6.92 Å². The molecule has 2 heteroatoms. The van der Waals surface area contributed by atoms with Crippen molar-refractivity contribution in [2.24, 2.45) is 0 Å². The Balaban J connectivity index is 2.53. The number of rotatable bonds is 4. The molecule has 0 saturated heterocycles. The Kier molecular flexibility index (Phi) is 4.33. The molecule has 0 fully saturated rings. The molecule has 1 nitrogen and oxygen atoms in total. The van der Waals surface area contributed by atoms with Gasteiger partial charge in [0.2, 0.25) is 0 Å². The van der Waals surface area contributed by atoms with Gasteiger partial charge in [-0.25, -0.2) is 0 Å². The molecule has 0 bridgehead atoms. The molecule has 0 aliphatic rings. The van der Waals surface area contributed by atoms with Crippen molar-refractivity contribution in [3.63, 3.8) is 0 Å². The topological polar surface area (TPSA) is 3.24 Å². The molecule has 0 radical (unpaired) electrons. The van der Waals surface area contributed by atoms with Gasteiger partial charge in [0.25, 0.3) is 0 Å². The molecule has 0 unspecified atom stereocenters. The fraction of sp³-hybridized carbons (Fsp3) is 0.455. The van der Waals surface area contributed by atoms with E-state index in [1.54, 1.807) is 0 Å². The van der Waals surface area contributed by atoms with Crippen LogP contribution in [0.25, 0.3) is 0 Å². The molecule has 0 N–H and O–H groups in total. The molecule has 0 heterocycles. The van der Waals surface area contributed by atoms with Crippen molar-refractivity contribution >= 4 is 12.6 Å². The fourth-order valence-corrected chi connectivity index (χ4v) is 1.71. The fourth-order valence-electron chi connectivity index (χ4n) is 1.37. The lowest BCUT2D eigenvalue weighted by Gasteiger charge is -2.15. The van der Waals surface area contributed by atoms with Crippen LogP contribution in [0.3, 0.4) is 0 Å². The number of nitrogens with zero attached hydrogens (tertiary/aromatic N) is 1. The summed E-state index contributed by atoms with van der Waals surface area (Å²) in [7, 11) is 2.12. The van der Waals surface area contributed by atoms with Crippen LogP contribution >= 0.6 is 12.6 Å². The van der Waals surface area contributed by atoms with Crippen molar-refractivity contribution < 1.29 is 0 Å². The van der Waals surface area contributed by atoms with Crippen molar-refractivity contribution in [2.75, 3.05) is 19.3 Å². The van der Waals surface area contributed by atoms with E-state index in [2.05, 4.69) is 55.8 Å². The van der Waals surface area contributed by atoms with Gasteiger partial charge >= 0.3 is 0 Å². The van der Waals surface area contributed by atoms with E-state index in [0.717, 1.165) is 18.8 Å². The van der Waals surface area contributed by atoms with E-state index in [1.165, 1.54) is 11.1 Å². The third-order valence-electron chi connectivity index (χ3n) is 2.02. The van der Waals surface area contributed by atoms with Gasteiger partial charge in [-0.3, -0.25) is 0 Å². The molecule has 1 rings (SSSR count). The third-order valence-corrected chi connectivity index (χ3v) is 2.22. The maximum absolute atomic E-state index is 4.20. The van der Waals surface area contributed by atoms with Gasteiger partial charge in [-0.2, -0.15) is 12.6 Å². The van der Waals surface area contributed by atoms with Crippen LogP contribution in [0.15, 0.2) is 24.3 Å². The standard InChI is InChI=1S/C11H17NS/c1-10-4-3-5-11(8-10)9-12(2)6-7-13/h3-5,8,13H,6-7,9H2,1-2H3. The van der Waals surface area contributed by atoms with E-state index in [9.17, 15) is 0 Å². The summed E-state index contributed by atoms with van der Waals surface area (Å²) in [4.78, 5) is 2.28. The van der Waals surface area contributed by atoms with Gasteiger partial charge in [0.05, 0.1) is 0 Å². The van der Waals surface area contributed by atoms with Gasteiger partial charge < -0.3 is 4.90 Å². The molecule has 1 aromatic carbocycles. The van der Waals surface area contributed by atoms with Crippen LogP contribution in [0.4, 0.5) is 0 Å². The maximum atomic E-state index is 4.20. The Morgan fingerprint density at radius 3 is 2.77 bits per heavy atom. The predicted octanol–water partition coefficient (Wildman–Crippen LogP) is 2.36. The van der Waals surface area contributed by atoms with Crippen LogP contribution < -0.4 is 0 Å². The Hall–Kier alpha value is -0.470. The lowest BCUT2D eigenvalue weighted by Crippen LogP contribution is -2.19. The zero-order valence-corrected chi connectivity index (χ0v) is 9.22. The zero-order chi connectivity index (χ0) is 9.68. The van der Waals surface area contributed by atoms with E-state index in [1.807, 2.05) is 0 Å². The second-order valence-electron chi connectivity index (χ2n) is 3.45. The summed E-state index contributed by atoms with van der Waals surface area (Å²) in [5, 5.41) is 0. The van der Waals surface area contributed by atoms with E-state index < -0.39 is 0 Å². The SMILES string of the molecule is Cc1cccc(CN(C)CCS)c1. The van der Waals surface area contributed by atoms with Crippen molar-refractivity contribution in [3.8, 4) is 0 Å². The van der Waals surface area contributed by atoms with Gasteiger partial charge in [0, 0.05) is 18.8 Å². The first kappa shape index (κ1) is 10.6. The summed E-state index contributed by atoms with van der Waals surface area (Å²) in [6.07, 6.45) is 0. The van der Waals surface area contributed by atoms with Crippen LogP contribution in [0.5, 0.6) is 0 Å². The van der Waals surface area contributed by atoms with Crippen molar-refractivity contribution in [1.29, 1.82) is 0 Å². The summed E-state index contributed by atoms with van der Waals surface area (Å²) in [6.45, 7) is 4.18. The van der Waals surface area contributed by atoms with E-state index in [4.69, 9.17) is 0 Å². The third kappa shape index (κ3) is 3.83. The lowest BCUT2D eigenvalue weighted by atomic mass is 10.1. The van der Waals surface area contributed by atoms with Crippen molar-refractivity contribution in [3.05, 3.63) is 35.4 Å². The van der Waals surface area contributed by atoms with E-state index in [-0.39, 0.29) is 0 Å². The Morgan fingerprint density at radius 1 is 1.38 bits per heavy atom. The van der Waals surface area contributed by atoms with Crippen LogP contribution in [0.1, 0.15) is 11.1 Å². The number of hydrogen-bond acceptors (Lipinski definition) is 2. The number of hydrogen-bond donors (Lipinski definition) is 1. The second-order valence-corrected chi connectivity index (χ2v) is 3.90. The van der Waals surface area contributed by atoms with Gasteiger partial charge in [0.1, 0.15) is 0 Å². The predicted molar refractivity (Wildman–Crippen MR) is 61.4 cm³/mol. The van der Waals surface area contributed by atoms with Gasteiger partial charge in [-0.05, 0) is 19.5 Å². The second kappa shape index (κ2) is 5.30. The summed E-state index contributed by atoms with van der Waals surface area (Å²) in [6, 6.07) is 8.64. The molecule has 72 valence electrons. The summed E-state index contributed by atoms with van der Waals surface area (Å²) in [5.74, 6) is 0.919. The lowest BCUT2D eigenvalue weighted by molar-refractivity contribution is 0.349. The molecule has 0 atom stereocenters. The highest BCUT2D eigenvalue weighted by Crippen LogP contribution is 2.06. The Morgan fingerprint density at radius 2 is 2.15 bits per heavy atom. The number of benzene rings is 1. The van der Waals surface area contributed by atoms with Crippen LogP contribution in [-0.2, 0) is 6.54 Å². The number of aryl methyl sites for hydroxylation is 1. The van der Waals surface area contributed by atoms with Crippen molar-refractivity contribution in [1.82, 2.24) is 4.90 Å². The highest BCUT2D eigenvalue weighted by atomic mass is 32.1. The van der Waals surface area contributed by atoms with Crippen molar-refractivity contribution in [2.45, 2.75) is 13.5 Å². The zero-order valence-electron chi connectivity index (χ0n) is 8.33. The van der Waals surface area contributed by atoms with E-state index >= 15 is 0 Å². The molecule has 0 spiro atoms. The first-order valence-corrected chi connectivity index (χ1v) is 5.20. The van der Waals surface area contributed by atoms with Gasteiger partial charge in [0.15, 0.2) is 0 Å². The molecule has 13 heavy (non-hydrogen) atoms. The normalized spacial score (nSPS) is 10.8. The van der Waals surface area contributed by atoms with Crippen LogP contribution in [0.2, 0.25) is 0 Å². The largest absolute Gasteiger partial charge is 0.301 e. The van der Waals surface area contributed by atoms with Gasteiger partial charge in [-0.15, -0.1) is 0 Å². The summed E-state index contributed by atoms with van der Waals surface area (Å²) in [5.41, 5.74) is 2.71. The molecule has 1 aromatic rings. The number of thiol groups is 1. The van der Waals surface area contributed by atoms with Crippen LogP contribution in [-0.4, -0.2) is 24.2 Å². The minimum absolute atomic E-state index is 0.919. The summed E-state index contributed by atoms with van der Waals surface area (Å²) < 4.78 is 0. The average Bonchev–Trinajstić information content (AvgIpc) is 2.04. The highest BCUT2D eigenvalue weighted by molar-refractivity contribution is 7.80. The van der Waals surface area contributed by atoms with E-state index in [0.29, 0.717) is 0 Å². The molecule has 0 aromatic heterocycles. The molecular weight excluding hydrogens is 178 g/mol. The molecule has 0 aliphatic carbocycles. The first-order valence-electron chi connectivity index (χ1n) is 4.57. The first-order chi connectivity index (χ1) is 6.22. The Labute approximate surface area is 86.2 Å². The minimum atomic E-state index is 0.919. The molecule has 0 aliphatic heterocycles. The Bertz CT molecular complexity index is 260. The monoisotopic (exact) mass is 195 g/mol. The quantitative estimate of drug-likeness (QED) is 0.722. The average molecular weight is 195 g/mol. The minimum Gasteiger partial charge on any atom is -0.301 e. The molecule has 0 amide bonds. The molecular formula is C11H17NS. The smallest absolute Gasteiger partial charge is 0.0231 e. The van der Waals surface area contributed by atoms with Gasteiger partial charge in [-0.1, -0.05) is 29.8 Å². The maximum Gasteiger partial charge on any atom is 0.0231 e.